The van der Waals surface area contributed by atoms with E-state index >= 15 is 0 Å². The SMILES string of the molecule is C[C@H]1CCCc2cc([N+](=O)[O-])c(Cl)nc21. The molecule has 80 valence electrons. The van der Waals surface area contributed by atoms with Crippen LogP contribution in [-0.4, -0.2) is 9.91 Å². The van der Waals surface area contributed by atoms with Gasteiger partial charge < -0.3 is 0 Å². The van der Waals surface area contributed by atoms with E-state index in [1.807, 2.05) is 0 Å². The predicted octanol–water partition coefficient (Wildman–Crippen LogP) is 3.08. The lowest BCUT2D eigenvalue weighted by atomic mass is 9.88. The Hall–Kier alpha value is -1.16. The molecule has 4 nitrogen and oxygen atoms in total. The molecule has 0 fully saturated rings. The van der Waals surface area contributed by atoms with Crippen LogP contribution in [0.25, 0.3) is 0 Å². The van der Waals surface area contributed by atoms with E-state index in [0.717, 1.165) is 30.5 Å². The summed E-state index contributed by atoms with van der Waals surface area (Å²) in [6.07, 6.45) is 3.01. The van der Waals surface area contributed by atoms with E-state index < -0.39 is 4.92 Å². The molecule has 1 aliphatic rings. The van der Waals surface area contributed by atoms with E-state index in [9.17, 15) is 10.1 Å². The molecule has 1 aromatic heterocycles. The Morgan fingerprint density at radius 1 is 1.67 bits per heavy atom. The van der Waals surface area contributed by atoms with Crippen molar-refractivity contribution in [3.8, 4) is 0 Å². The molecule has 0 radical (unpaired) electrons. The molecule has 0 aromatic carbocycles. The fraction of sp³-hybridized carbons (Fsp3) is 0.500. The second-order valence-electron chi connectivity index (χ2n) is 3.89. The molecule has 1 aromatic rings. The van der Waals surface area contributed by atoms with Crippen molar-refractivity contribution in [2.24, 2.45) is 0 Å². The maximum atomic E-state index is 10.7. The molecule has 0 aliphatic heterocycles. The molecule has 1 heterocycles. The first-order valence-electron chi connectivity index (χ1n) is 4.93. The normalized spacial score (nSPS) is 19.7. The molecule has 0 saturated carbocycles. The van der Waals surface area contributed by atoms with E-state index in [4.69, 9.17) is 11.6 Å². The Labute approximate surface area is 92.4 Å². The lowest BCUT2D eigenvalue weighted by molar-refractivity contribution is -0.385. The van der Waals surface area contributed by atoms with Crippen LogP contribution in [0, 0.1) is 10.1 Å². The molecule has 2 rings (SSSR count). The summed E-state index contributed by atoms with van der Waals surface area (Å²) >= 11 is 5.77. The van der Waals surface area contributed by atoms with Crippen LogP contribution in [0.15, 0.2) is 6.07 Å². The third-order valence-corrected chi connectivity index (χ3v) is 3.09. The van der Waals surface area contributed by atoms with E-state index in [1.54, 1.807) is 6.07 Å². The summed E-state index contributed by atoms with van der Waals surface area (Å²) in [6.45, 7) is 2.08. The Bertz CT molecular complexity index is 420. The number of pyridine rings is 1. The summed E-state index contributed by atoms with van der Waals surface area (Å²) < 4.78 is 0. The number of nitrogens with zero attached hydrogens (tertiary/aromatic N) is 2. The van der Waals surface area contributed by atoms with Gasteiger partial charge in [0.15, 0.2) is 0 Å². The summed E-state index contributed by atoms with van der Waals surface area (Å²) in [6, 6.07) is 1.57. The highest BCUT2D eigenvalue weighted by molar-refractivity contribution is 6.31. The quantitative estimate of drug-likeness (QED) is 0.420. The van der Waals surface area contributed by atoms with Crippen molar-refractivity contribution in [1.82, 2.24) is 4.98 Å². The molecular weight excluding hydrogens is 216 g/mol. The number of nitro groups is 1. The van der Waals surface area contributed by atoms with Crippen molar-refractivity contribution < 1.29 is 4.92 Å². The molecule has 5 heteroatoms. The van der Waals surface area contributed by atoms with E-state index in [-0.39, 0.29) is 10.8 Å². The lowest BCUT2D eigenvalue weighted by Crippen LogP contribution is -2.10. The van der Waals surface area contributed by atoms with Crippen molar-refractivity contribution in [3.63, 3.8) is 0 Å². The topological polar surface area (TPSA) is 56.0 Å². The molecule has 0 spiro atoms. The number of aromatic nitrogens is 1. The molecule has 0 N–H and O–H groups in total. The third-order valence-electron chi connectivity index (χ3n) is 2.82. The van der Waals surface area contributed by atoms with Gasteiger partial charge in [-0.2, -0.15) is 0 Å². The Morgan fingerprint density at radius 2 is 2.40 bits per heavy atom. The summed E-state index contributed by atoms with van der Waals surface area (Å²) in [5.74, 6) is 0.354. The minimum atomic E-state index is -0.477. The highest BCUT2D eigenvalue weighted by atomic mass is 35.5. The zero-order valence-corrected chi connectivity index (χ0v) is 9.12. The van der Waals surface area contributed by atoms with Crippen molar-refractivity contribution in [1.29, 1.82) is 0 Å². The highest BCUT2D eigenvalue weighted by Crippen LogP contribution is 2.34. The average molecular weight is 227 g/mol. The van der Waals surface area contributed by atoms with Gasteiger partial charge in [0.1, 0.15) is 0 Å². The van der Waals surface area contributed by atoms with Gasteiger partial charge in [-0.05, 0) is 30.7 Å². The molecule has 0 bridgehead atoms. The van der Waals surface area contributed by atoms with Crippen LogP contribution in [0.2, 0.25) is 5.15 Å². The Kier molecular flexibility index (Phi) is 2.61. The van der Waals surface area contributed by atoms with Crippen LogP contribution in [0.5, 0.6) is 0 Å². The van der Waals surface area contributed by atoms with E-state index in [1.165, 1.54) is 0 Å². The maximum Gasteiger partial charge on any atom is 0.306 e. The third kappa shape index (κ3) is 1.81. The number of fused-ring (bicyclic) bond motifs is 1. The second kappa shape index (κ2) is 3.77. The molecule has 1 atom stereocenters. The number of halogens is 1. The molecule has 0 amide bonds. The van der Waals surface area contributed by atoms with Crippen LogP contribution < -0.4 is 0 Å². The number of hydrogen-bond donors (Lipinski definition) is 0. The average Bonchev–Trinajstić information content (AvgIpc) is 2.18. The summed E-state index contributed by atoms with van der Waals surface area (Å²) in [5.41, 5.74) is 1.83. The molecule has 0 unspecified atom stereocenters. The lowest BCUT2D eigenvalue weighted by Gasteiger charge is -2.20. The van der Waals surface area contributed by atoms with E-state index in [0.29, 0.717) is 5.92 Å². The van der Waals surface area contributed by atoms with E-state index in [2.05, 4.69) is 11.9 Å². The van der Waals surface area contributed by atoms with Gasteiger partial charge in [-0.15, -0.1) is 0 Å². The van der Waals surface area contributed by atoms with Crippen LogP contribution in [0.4, 0.5) is 5.69 Å². The van der Waals surface area contributed by atoms with Gasteiger partial charge in [0, 0.05) is 11.8 Å². The zero-order valence-electron chi connectivity index (χ0n) is 8.36. The van der Waals surface area contributed by atoms with Crippen LogP contribution in [-0.2, 0) is 6.42 Å². The Balaban J connectivity index is 2.54. The largest absolute Gasteiger partial charge is 0.306 e. The Morgan fingerprint density at radius 3 is 3.07 bits per heavy atom. The summed E-state index contributed by atoms with van der Waals surface area (Å²) in [7, 11) is 0. The second-order valence-corrected chi connectivity index (χ2v) is 4.25. The fourth-order valence-corrected chi connectivity index (χ4v) is 2.24. The van der Waals surface area contributed by atoms with Gasteiger partial charge >= 0.3 is 5.69 Å². The molecule has 15 heavy (non-hydrogen) atoms. The number of hydrogen-bond acceptors (Lipinski definition) is 3. The van der Waals surface area contributed by atoms with Crippen molar-refractivity contribution >= 4 is 17.3 Å². The van der Waals surface area contributed by atoms with Gasteiger partial charge in [0.2, 0.25) is 5.15 Å². The summed E-state index contributed by atoms with van der Waals surface area (Å²) in [4.78, 5) is 14.3. The monoisotopic (exact) mass is 226 g/mol. The standard InChI is InChI=1S/C10H11ClN2O2/c1-6-3-2-4-7-5-8(13(14)15)10(11)12-9(6)7/h5-6H,2-4H2,1H3/t6-/m0/s1. The first kappa shape index (κ1) is 10.4. The van der Waals surface area contributed by atoms with Gasteiger partial charge in [-0.3, -0.25) is 10.1 Å². The first-order chi connectivity index (χ1) is 7.09. The molecule has 0 saturated heterocycles. The minimum Gasteiger partial charge on any atom is -0.258 e. The first-order valence-corrected chi connectivity index (χ1v) is 5.31. The molecular formula is C10H11ClN2O2. The van der Waals surface area contributed by atoms with Gasteiger partial charge in [0.05, 0.1) is 4.92 Å². The predicted molar refractivity (Wildman–Crippen MR) is 57.3 cm³/mol. The fourth-order valence-electron chi connectivity index (χ4n) is 2.02. The summed E-state index contributed by atoms with van der Waals surface area (Å²) in [5, 5.41) is 10.7. The smallest absolute Gasteiger partial charge is 0.258 e. The van der Waals surface area contributed by atoms with Crippen molar-refractivity contribution in [3.05, 3.63) is 32.6 Å². The maximum absolute atomic E-state index is 10.7. The minimum absolute atomic E-state index is 0.00694. The van der Waals surface area contributed by atoms with Crippen LogP contribution in [0.1, 0.15) is 36.9 Å². The van der Waals surface area contributed by atoms with Crippen molar-refractivity contribution in [2.75, 3.05) is 0 Å². The van der Waals surface area contributed by atoms with Gasteiger partial charge in [0.25, 0.3) is 0 Å². The highest BCUT2D eigenvalue weighted by Gasteiger charge is 2.23. The van der Waals surface area contributed by atoms with Crippen LogP contribution in [0.3, 0.4) is 0 Å². The number of aryl methyl sites for hydroxylation is 1. The van der Waals surface area contributed by atoms with Crippen LogP contribution >= 0.6 is 11.6 Å². The molecule has 1 aliphatic carbocycles. The van der Waals surface area contributed by atoms with Gasteiger partial charge in [-0.25, -0.2) is 4.98 Å². The number of rotatable bonds is 1. The van der Waals surface area contributed by atoms with Gasteiger partial charge in [-0.1, -0.05) is 18.5 Å². The zero-order chi connectivity index (χ0) is 11.0. The van der Waals surface area contributed by atoms with Crippen molar-refractivity contribution in [2.45, 2.75) is 32.1 Å².